The van der Waals surface area contributed by atoms with Crippen LogP contribution in [0.15, 0.2) is 268 Å². The molecule has 0 unspecified atom stereocenters. The van der Waals surface area contributed by atoms with Crippen molar-refractivity contribution in [2.24, 2.45) is 0 Å². The maximum absolute atomic E-state index is 13.8. The number of hydrogen-bond acceptors (Lipinski definition) is 16. The first-order chi connectivity index (χ1) is 64.6. The number of aliphatic hydroxyl groups is 1. The maximum Gasteiger partial charge on any atom is 0.416 e. The molecule has 0 aliphatic rings. The van der Waals surface area contributed by atoms with Crippen LogP contribution in [-0.2, 0) is 44.3 Å². The summed E-state index contributed by atoms with van der Waals surface area (Å²) >= 11 is 5.91. The number of aliphatic hydroxyl groups excluding tert-OH is 1. The lowest BCUT2D eigenvalue weighted by Gasteiger charge is -2.21. The number of nitrogens with one attached hydrogen (secondary N) is 1. The molecule has 1 amide bonds. The molecule has 17 rings (SSSR count). The number of likely N-dealkylation sites (N-methyl/N-ethyl adjacent to an activating group) is 1. The quantitative estimate of drug-likeness (QED) is 0.0489. The standard InChI is InChI=1S/C30H25F3N6O.C26H22F3N5O2.C24H16F3N3O.C23H16ClN3O/c1-20-6-7-23(14-22(20)8-9-26-16-34-29-5-4-10-36-39(26)29)28(40)13-21-11-24(30(31,32)33)15-27(12-21)38-18-25(35-19-38)17-37(2)3;1-17-5-6-19(12-18(17)7-8-22-16-30-24-4-3-9-31-34(22)24)25(36)32-21-13-20(26(27,28)29)14-23(15-21)33(2)10-11-35;1-16-7-8-19(22(31)13-17-4-2-5-20(12-17)24(25,26)27)14-18(16)9-10-21-15-28-23-6-3-11-29-30(21)23;1-16-4-7-19(22(28)13-17-5-9-20(24)10-6-17)14-18(16)8-11-21-15-25-23-3-2-12-26-27(21)23/h4-7,10-12,14-16,18-19H,13,17H2,1-3H3;3-6,9,12-16,35H,10-11H2,1-2H3,(H,32,36);2-8,11-12,14-15H,13H2,1H3;2-7,9-10,12,14-15H,13H2,1H3. The number of aryl methyl sites for hydroxylation is 4. The predicted octanol–water partition coefficient (Wildman–Crippen LogP) is 18.7. The number of carbonyl (C=O) groups is 4. The van der Waals surface area contributed by atoms with Crippen molar-refractivity contribution in [2.75, 3.05) is 44.5 Å². The first-order valence-corrected chi connectivity index (χ1v) is 41.9. The molecule has 0 saturated carbocycles. The second-order valence-corrected chi connectivity index (χ2v) is 31.7. The summed E-state index contributed by atoms with van der Waals surface area (Å²) < 4.78 is 128. The molecule has 0 atom stereocenters. The van der Waals surface area contributed by atoms with Gasteiger partial charge in [0.25, 0.3) is 5.91 Å². The number of nitrogens with zero attached hydrogens (tertiary/aromatic N) is 16. The van der Waals surface area contributed by atoms with Crippen molar-refractivity contribution < 1.29 is 63.8 Å². The lowest BCUT2D eigenvalue weighted by atomic mass is 9.97. The molecule has 9 aromatic heterocycles. The van der Waals surface area contributed by atoms with Crippen molar-refractivity contribution in [3.05, 3.63) is 402 Å². The van der Waals surface area contributed by atoms with Crippen molar-refractivity contribution >= 4 is 68.8 Å². The zero-order chi connectivity index (χ0) is 95.8. The molecule has 676 valence electrons. The summed E-state index contributed by atoms with van der Waals surface area (Å²) in [7, 11) is 5.32. The summed E-state index contributed by atoms with van der Waals surface area (Å²) in [5.41, 5.74) is 13.3. The summed E-state index contributed by atoms with van der Waals surface area (Å²) in [5.74, 6) is 23.3. The van der Waals surface area contributed by atoms with Crippen LogP contribution in [0.25, 0.3) is 28.3 Å². The third-order valence-electron chi connectivity index (χ3n) is 20.9. The van der Waals surface area contributed by atoms with Gasteiger partial charge in [0.2, 0.25) is 0 Å². The number of hydrogen-bond donors (Lipinski definition) is 2. The Morgan fingerprint density at radius 3 is 1.21 bits per heavy atom. The van der Waals surface area contributed by atoms with Gasteiger partial charge in [-0.2, -0.15) is 59.9 Å². The smallest absolute Gasteiger partial charge is 0.395 e. The molecule has 0 aliphatic carbocycles. The van der Waals surface area contributed by atoms with Crippen LogP contribution >= 0.6 is 11.6 Å². The molecule has 0 aliphatic heterocycles. The van der Waals surface area contributed by atoms with E-state index in [1.54, 1.807) is 178 Å². The van der Waals surface area contributed by atoms with Crippen LogP contribution in [0, 0.1) is 75.1 Å². The topological polar surface area (TPSA) is 246 Å². The highest BCUT2D eigenvalue weighted by molar-refractivity contribution is 6.30. The van der Waals surface area contributed by atoms with Crippen molar-refractivity contribution in [1.29, 1.82) is 0 Å². The summed E-state index contributed by atoms with van der Waals surface area (Å²) in [6.45, 7) is 8.02. The SMILES string of the molecule is Cc1ccc(C(=O)Cc2cc(-n3cnc(CN(C)C)c3)cc(C(F)(F)F)c2)cc1C#Cc1cnc2cccnn12.Cc1ccc(C(=O)Cc2ccc(Cl)cc2)cc1C#Cc1cnc2cccnn12.Cc1ccc(C(=O)Cc2cccc(C(F)(F)F)c2)cc1C#Cc1cnc2cccnn12.Cc1ccc(C(=O)Nc2cc(N(C)CCO)cc(C(F)(F)F)c2)cc1C#Cc1cnc2cccnn12. The van der Waals surface area contributed by atoms with Gasteiger partial charge >= 0.3 is 18.5 Å². The second kappa shape index (κ2) is 41.8. The van der Waals surface area contributed by atoms with Crippen molar-refractivity contribution in [1.82, 2.24) is 72.8 Å². The Hall–Kier alpha value is -16.5. The Morgan fingerprint density at radius 2 is 0.800 bits per heavy atom. The number of benzene rings is 8. The number of ketones is 3. The lowest BCUT2D eigenvalue weighted by Crippen LogP contribution is -2.22. The van der Waals surface area contributed by atoms with Crippen molar-refractivity contribution in [3.8, 4) is 53.1 Å². The van der Waals surface area contributed by atoms with E-state index in [4.69, 9.17) is 16.7 Å². The van der Waals surface area contributed by atoms with E-state index >= 15 is 0 Å². The summed E-state index contributed by atoms with van der Waals surface area (Å²) in [5, 5.41) is 29.3. The van der Waals surface area contributed by atoms with E-state index in [1.165, 1.54) is 34.0 Å². The van der Waals surface area contributed by atoms with Gasteiger partial charge in [0.05, 0.1) is 60.1 Å². The fourth-order valence-electron chi connectivity index (χ4n) is 13.7. The fraction of sp³-hybridized carbons (Fsp3) is 0.155. The first-order valence-electron chi connectivity index (χ1n) is 41.5. The van der Waals surface area contributed by atoms with E-state index in [0.717, 1.165) is 75.4 Å². The monoisotopic (exact) mass is 1840 g/mol. The molecular formula is C103H79ClF9N17O5. The summed E-state index contributed by atoms with van der Waals surface area (Å²) in [4.78, 5) is 76.2. The Bertz CT molecular complexity index is 7610. The van der Waals surface area contributed by atoms with Gasteiger partial charge in [0.1, 0.15) is 22.8 Å². The van der Waals surface area contributed by atoms with Gasteiger partial charge in [0.15, 0.2) is 39.9 Å². The highest BCUT2D eigenvalue weighted by Gasteiger charge is 2.34. The van der Waals surface area contributed by atoms with Crippen molar-refractivity contribution in [3.63, 3.8) is 0 Å². The number of alkyl halides is 9. The molecule has 135 heavy (non-hydrogen) atoms. The average molecular weight is 1840 g/mol. The third-order valence-corrected chi connectivity index (χ3v) is 21.2. The zero-order valence-corrected chi connectivity index (χ0v) is 73.9. The molecule has 9 heterocycles. The average Bonchev–Trinajstić information content (AvgIpc) is 1.73. The molecule has 0 radical (unpaired) electrons. The zero-order valence-electron chi connectivity index (χ0n) is 73.2. The Morgan fingerprint density at radius 1 is 0.407 bits per heavy atom. The predicted molar refractivity (Wildman–Crippen MR) is 493 cm³/mol. The maximum atomic E-state index is 13.8. The second-order valence-electron chi connectivity index (χ2n) is 31.3. The summed E-state index contributed by atoms with van der Waals surface area (Å²) in [6, 6.07) is 54.2. The molecule has 8 aromatic carbocycles. The molecule has 0 bridgehead atoms. The Labute approximate surface area is 772 Å². The van der Waals surface area contributed by atoms with Crippen LogP contribution in [0.1, 0.15) is 148 Å². The van der Waals surface area contributed by atoms with Crippen LogP contribution in [0.2, 0.25) is 5.02 Å². The van der Waals surface area contributed by atoms with E-state index < -0.39 is 41.1 Å². The molecule has 22 nitrogen and oxygen atoms in total. The summed E-state index contributed by atoms with van der Waals surface area (Å²) in [6.07, 6.45) is 2.66. The van der Waals surface area contributed by atoms with Gasteiger partial charge in [0, 0.05) is 137 Å². The number of aromatic nitrogens is 14. The van der Waals surface area contributed by atoms with Gasteiger partial charge < -0.3 is 24.8 Å². The third kappa shape index (κ3) is 24.4. The number of fused-ring (bicyclic) bond motifs is 4. The Balaban J connectivity index is 0.000000145. The number of amides is 1. The fourth-order valence-corrected chi connectivity index (χ4v) is 13.9. The van der Waals surface area contributed by atoms with Gasteiger partial charge in [-0.3, -0.25) is 19.2 Å². The number of imidazole rings is 5. The molecule has 32 heteroatoms. The number of Topliss-reactive ketones (excluding diaryl/α,β-unsaturated/α-hetero) is 3. The Kier molecular flexibility index (Phi) is 29.3. The first kappa shape index (κ1) is 94.7. The van der Waals surface area contributed by atoms with E-state index in [-0.39, 0.29) is 71.5 Å². The van der Waals surface area contributed by atoms with Gasteiger partial charge in [-0.05, 0) is 238 Å². The van der Waals surface area contributed by atoms with Gasteiger partial charge in [-0.1, -0.05) is 108 Å². The van der Waals surface area contributed by atoms with Gasteiger partial charge in [-0.15, -0.1) is 0 Å². The number of rotatable bonds is 17. The number of carbonyl (C=O) groups excluding carboxylic acids is 4. The molecule has 0 spiro atoms. The molecule has 2 N–H and O–H groups in total. The van der Waals surface area contributed by atoms with E-state index in [2.05, 4.69) is 98.0 Å². The normalized spacial score (nSPS) is 11.2. The molecule has 17 aromatic rings. The molecule has 0 saturated heterocycles. The molecular weight excluding hydrogens is 1760 g/mol. The van der Waals surface area contributed by atoms with E-state index in [0.29, 0.717) is 102 Å². The molecule has 0 fully saturated rings. The lowest BCUT2D eigenvalue weighted by molar-refractivity contribution is -0.138. The minimum absolute atomic E-state index is 0.0142. The van der Waals surface area contributed by atoms with Crippen LogP contribution in [0.3, 0.4) is 0 Å². The highest BCUT2D eigenvalue weighted by atomic mass is 35.5. The van der Waals surface area contributed by atoms with Crippen LogP contribution in [0.4, 0.5) is 50.9 Å². The van der Waals surface area contributed by atoms with Crippen LogP contribution in [-0.4, -0.2) is 136 Å². The minimum atomic E-state index is -4.60. The number of anilines is 2. The van der Waals surface area contributed by atoms with E-state index in [9.17, 15) is 58.7 Å². The largest absolute Gasteiger partial charge is 0.416 e. The van der Waals surface area contributed by atoms with E-state index in [1.807, 2.05) is 101 Å². The van der Waals surface area contributed by atoms with Crippen LogP contribution < -0.4 is 10.2 Å². The minimum Gasteiger partial charge on any atom is -0.395 e. The van der Waals surface area contributed by atoms with Crippen molar-refractivity contribution in [2.45, 2.75) is 72.0 Å². The number of halogens is 10. The van der Waals surface area contributed by atoms with Crippen LogP contribution in [0.5, 0.6) is 0 Å². The highest BCUT2D eigenvalue weighted by Crippen LogP contribution is 2.37. The van der Waals surface area contributed by atoms with Gasteiger partial charge in [-0.25, -0.2) is 43.0 Å².